The van der Waals surface area contributed by atoms with E-state index in [0.717, 1.165) is 37.0 Å². The van der Waals surface area contributed by atoms with Crippen LogP contribution in [0.15, 0.2) is 52.8 Å². The summed E-state index contributed by atoms with van der Waals surface area (Å²) in [6.45, 7) is 18.4. The number of rotatable bonds is 12. The summed E-state index contributed by atoms with van der Waals surface area (Å²) in [6, 6.07) is -0.465. The zero-order valence-electron chi connectivity index (χ0n) is 26.5. The molecular formula is C32H52N6O4. The molecule has 2 heterocycles. The molecular weight excluding hydrogens is 532 g/mol. The zero-order valence-corrected chi connectivity index (χ0v) is 26.5. The summed E-state index contributed by atoms with van der Waals surface area (Å²) in [4.78, 5) is 46.3. The fraction of sp³-hybridized carbons (Fsp3) is 0.625. The number of nitrogens with zero attached hydrogens (tertiary/aromatic N) is 3. The van der Waals surface area contributed by atoms with Gasteiger partial charge in [-0.15, -0.1) is 0 Å². The summed E-state index contributed by atoms with van der Waals surface area (Å²) in [7, 11) is 1.84. The number of carbonyl (C=O) groups is 3. The van der Waals surface area contributed by atoms with Crippen molar-refractivity contribution in [2.45, 2.75) is 91.4 Å². The highest BCUT2D eigenvalue weighted by molar-refractivity contribution is 5.98. The third-order valence-electron chi connectivity index (χ3n) is 8.27. The molecule has 3 unspecified atom stereocenters. The van der Waals surface area contributed by atoms with E-state index in [1.165, 1.54) is 11.9 Å². The third-order valence-corrected chi connectivity index (χ3v) is 8.27. The molecule has 4 atom stereocenters. The first-order valence-electron chi connectivity index (χ1n) is 15.2. The second kappa shape index (κ2) is 17.0. The van der Waals surface area contributed by atoms with Crippen LogP contribution in [0.2, 0.25) is 0 Å². The number of aliphatic imine (C=N–C) groups is 1. The van der Waals surface area contributed by atoms with Crippen LogP contribution in [0.5, 0.6) is 0 Å². The Hall–Kier alpha value is -3.24. The summed E-state index contributed by atoms with van der Waals surface area (Å²) < 4.78 is 5.43. The summed E-state index contributed by atoms with van der Waals surface area (Å²) in [6.07, 6.45) is 11.1. The topological polar surface area (TPSA) is 115 Å². The number of ether oxygens (including phenoxy) is 1. The van der Waals surface area contributed by atoms with Crippen LogP contribution in [0, 0.1) is 5.41 Å². The molecule has 3 N–H and O–H groups in total. The van der Waals surface area contributed by atoms with Crippen molar-refractivity contribution in [2.24, 2.45) is 10.4 Å². The van der Waals surface area contributed by atoms with E-state index in [1.54, 1.807) is 6.20 Å². The van der Waals surface area contributed by atoms with Gasteiger partial charge in [0.15, 0.2) is 5.78 Å². The highest BCUT2D eigenvalue weighted by Gasteiger charge is 2.48. The van der Waals surface area contributed by atoms with Gasteiger partial charge in [0.25, 0.3) is 5.91 Å². The molecule has 0 aromatic heterocycles. The molecule has 10 heteroatoms. The number of amides is 2. The first-order valence-corrected chi connectivity index (χ1v) is 15.2. The van der Waals surface area contributed by atoms with Crippen molar-refractivity contribution in [1.82, 2.24) is 26.0 Å². The lowest BCUT2D eigenvalue weighted by Crippen LogP contribution is -2.52. The minimum Gasteiger partial charge on any atom is -0.391 e. The summed E-state index contributed by atoms with van der Waals surface area (Å²) in [5.74, 6) is -0.374. The predicted molar refractivity (Wildman–Crippen MR) is 168 cm³/mol. The molecule has 42 heavy (non-hydrogen) atoms. The average Bonchev–Trinajstić information content (AvgIpc) is 3.28. The van der Waals surface area contributed by atoms with Crippen LogP contribution in [-0.2, 0) is 19.1 Å². The Morgan fingerprint density at radius 1 is 1.26 bits per heavy atom. The molecule has 1 fully saturated rings. The normalized spacial score (nSPS) is 23.7. The number of allylic oxidation sites excluding steroid dienone is 2. The molecule has 0 aromatic carbocycles. The molecule has 1 saturated heterocycles. The van der Waals surface area contributed by atoms with Gasteiger partial charge < -0.3 is 20.3 Å². The second-order valence-corrected chi connectivity index (χ2v) is 10.8. The van der Waals surface area contributed by atoms with Gasteiger partial charge in [-0.05, 0) is 77.8 Å². The van der Waals surface area contributed by atoms with Crippen molar-refractivity contribution in [3.8, 4) is 0 Å². The average molecular weight is 585 g/mol. The van der Waals surface area contributed by atoms with E-state index in [4.69, 9.17) is 4.74 Å². The molecule has 10 nitrogen and oxygen atoms in total. The number of hydrogen-bond donors (Lipinski definition) is 3. The van der Waals surface area contributed by atoms with Gasteiger partial charge in [-0.1, -0.05) is 38.7 Å². The van der Waals surface area contributed by atoms with Crippen molar-refractivity contribution < 1.29 is 19.1 Å². The number of Topliss-reactive ketones (excluding diaryl/α,β-unsaturated/α-hetero) is 1. The van der Waals surface area contributed by atoms with E-state index < -0.39 is 17.6 Å². The van der Waals surface area contributed by atoms with E-state index in [0.29, 0.717) is 38.2 Å². The Kier molecular flexibility index (Phi) is 14.2. The van der Waals surface area contributed by atoms with Crippen molar-refractivity contribution in [3.05, 3.63) is 47.9 Å². The van der Waals surface area contributed by atoms with Crippen molar-refractivity contribution in [2.75, 3.05) is 33.4 Å². The van der Waals surface area contributed by atoms with Gasteiger partial charge in [0, 0.05) is 36.3 Å². The monoisotopic (exact) mass is 584 g/mol. The van der Waals surface area contributed by atoms with Crippen molar-refractivity contribution in [3.63, 3.8) is 0 Å². The Morgan fingerprint density at radius 2 is 2.00 bits per heavy atom. The molecule has 2 amide bonds. The maximum Gasteiger partial charge on any atom is 0.266 e. The number of ketones is 1. The lowest BCUT2D eigenvalue weighted by atomic mass is 9.74. The maximum absolute atomic E-state index is 14.3. The fourth-order valence-corrected chi connectivity index (χ4v) is 6.11. The molecule has 0 bridgehead atoms. The molecule has 3 rings (SSSR count). The highest BCUT2D eigenvalue weighted by atomic mass is 16.5. The standard InChI is InChI=1S/C30H46N6O4.C2H6/c1-7-9-25(33-8-2)28(38)35-17-16-30(14-10-21(35)3)15-11-24(31-5)26(30)29(39)36(20-22(4)37)34-27(32-6)23-12-18-40-19-13-23;1-2/h7-9,12,21,25,27,31,33-34H,2,6,10-11,13-20H2,1,3-5H3;1-2H3/b9-7-;/t21?,25?,27?,30-;/m0./s1. The van der Waals surface area contributed by atoms with Crippen molar-refractivity contribution in [1.29, 1.82) is 0 Å². The van der Waals surface area contributed by atoms with Gasteiger partial charge in [0.1, 0.15) is 12.2 Å². The third kappa shape index (κ3) is 8.41. The minimum absolute atomic E-state index is 0.00393. The Balaban J connectivity index is 0.00000301. The minimum atomic E-state index is -0.536. The maximum atomic E-state index is 14.3. The lowest BCUT2D eigenvalue weighted by Gasteiger charge is -2.35. The van der Waals surface area contributed by atoms with Crippen LogP contribution in [0.1, 0.15) is 73.1 Å². The number of nitrogens with one attached hydrogen (secondary N) is 3. The van der Waals surface area contributed by atoms with Crippen molar-refractivity contribution >= 4 is 24.3 Å². The largest absolute Gasteiger partial charge is 0.391 e. The summed E-state index contributed by atoms with van der Waals surface area (Å²) in [5.41, 5.74) is 5.36. The molecule has 0 saturated carbocycles. The molecule has 0 radical (unpaired) electrons. The summed E-state index contributed by atoms with van der Waals surface area (Å²) >= 11 is 0. The van der Waals surface area contributed by atoms with E-state index in [-0.39, 0.29) is 30.2 Å². The Labute approximate surface area is 252 Å². The fourth-order valence-electron chi connectivity index (χ4n) is 6.11. The number of hydrogen-bond acceptors (Lipinski definition) is 8. The van der Waals surface area contributed by atoms with Crippen LogP contribution in [0.4, 0.5) is 0 Å². The van der Waals surface area contributed by atoms with Gasteiger partial charge in [-0.3, -0.25) is 24.4 Å². The number of hydrazine groups is 1. The van der Waals surface area contributed by atoms with E-state index in [2.05, 4.69) is 41.3 Å². The Bertz CT molecular complexity index is 1070. The quantitative estimate of drug-likeness (QED) is 0.182. The van der Waals surface area contributed by atoms with Crippen LogP contribution < -0.4 is 16.1 Å². The Morgan fingerprint density at radius 3 is 2.57 bits per heavy atom. The first-order chi connectivity index (χ1) is 20.2. The zero-order chi connectivity index (χ0) is 31.3. The molecule has 2 aliphatic heterocycles. The molecule has 234 valence electrons. The van der Waals surface area contributed by atoms with Gasteiger partial charge in [-0.2, -0.15) is 0 Å². The SMILES string of the molecule is C=CNC(/C=C\C)C(=O)N1CC[C@@]2(CCC(NC)=C2C(=O)N(CC(C)=O)NC(N=C)C2=CCOCC2)CCC1C.CC. The highest BCUT2D eigenvalue weighted by Crippen LogP contribution is 2.50. The second-order valence-electron chi connectivity index (χ2n) is 10.8. The number of likely N-dealkylation sites (tertiary alicyclic amines) is 1. The molecule has 3 aliphatic rings. The van der Waals surface area contributed by atoms with Gasteiger partial charge in [0.05, 0.1) is 19.8 Å². The van der Waals surface area contributed by atoms with Gasteiger partial charge >= 0.3 is 0 Å². The van der Waals surface area contributed by atoms with E-state index in [1.807, 2.05) is 50.9 Å². The van der Waals surface area contributed by atoms with Crippen LogP contribution in [-0.4, -0.2) is 85.8 Å². The molecule has 1 aliphatic carbocycles. The van der Waals surface area contributed by atoms with Gasteiger partial charge in [-0.25, -0.2) is 5.43 Å². The van der Waals surface area contributed by atoms with Crippen LogP contribution in [0.25, 0.3) is 0 Å². The van der Waals surface area contributed by atoms with Crippen LogP contribution in [0.3, 0.4) is 0 Å². The van der Waals surface area contributed by atoms with Crippen LogP contribution >= 0.6 is 0 Å². The van der Waals surface area contributed by atoms with Gasteiger partial charge in [0.2, 0.25) is 5.91 Å². The molecule has 0 aromatic rings. The van der Waals surface area contributed by atoms with E-state index >= 15 is 0 Å². The summed E-state index contributed by atoms with van der Waals surface area (Å²) in [5, 5.41) is 7.72. The molecule has 1 spiro atoms. The lowest BCUT2D eigenvalue weighted by molar-refractivity contribution is -0.136. The smallest absolute Gasteiger partial charge is 0.266 e. The number of carbonyl (C=O) groups excluding carboxylic acids is 3. The predicted octanol–water partition coefficient (Wildman–Crippen LogP) is 3.64. The van der Waals surface area contributed by atoms with E-state index in [9.17, 15) is 14.4 Å². The first kappa shape index (κ1) is 35.0.